The van der Waals surface area contributed by atoms with Crippen molar-refractivity contribution in [2.75, 3.05) is 18.5 Å². The number of anilines is 1. The largest absolute Gasteiger partial charge is 0.490 e. The highest BCUT2D eigenvalue weighted by Gasteiger charge is 2.36. The van der Waals surface area contributed by atoms with E-state index in [1.165, 1.54) is 12.1 Å². The lowest BCUT2D eigenvalue weighted by molar-refractivity contribution is -0.127. The van der Waals surface area contributed by atoms with Gasteiger partial charge in [0.05, 0.1) is 16.5 Å². The van der Waals surface area contributed by atoms with Crippen LogP contribution in [0.1, 0.15) is 18.1 Å². The minimum Gasteiger partial charge on any atom is -0.490 e. The van der Waals surface area contributed by atoms with Crippen molar-refractivity contribution in [3.05, 3.63) is 92.0 Å². The quantitative estimate of drug-likeness (QED) is 0.263. The number of rotatable bonds is 9. The van der Waals surface area contributed by atoms with Crippen LogP contribution in [0.3, 0.4) is 0 Å². The van der Waals surface area contributed by atoms with E-state index in [2.05, 4.69) is 21.2 Å². The van der Waals surface area contributed by atoms with Crippen LogP contribution in [0.5, 0.6) is 11.5 Å². The van der Waals surface area contributed by atoms with E-state index in [4.69, 9.17) is 21.1 Å². The lowest BCUT2D eigenvalue weighted by Gasteiger charge is -2.13. The number of halogens is 3. The summed E-state index contributed by atoms with van der Waals surface area (Å²) in [5.41, 5.74) is 1.84. The molecule has 3 amide bonds. The Morgan fingerprint density at radius 2 is 1.84 bits per heavy atom. The number of hydrogen-bond donors (Lipinski definition) is 1. The molecule has 1 saturated heterocycles. The van der Waals surface area contributed by atoms with Gasteiger partial charge in [0.25, 0.3) is 11.1 Å². The summed E-state index contributed by atoms with van der Waals surface area (Å²) in [7, 11) is 0. The van der Waals surface area contributed by atoms with Crippen LogP contribution in [0.2, 0.25) is 5.02 Å². The molecule has 1 aliphatic rings. The molecule has 38 heavy (non-hydrogen) atoms. The van der Waals surface area contributed by atoms with Crippen molar-refractivity contribution in [3.63, 3.8) is 0 Å². The maximum atomic E-state index is 13.1. The minimum absolute atomic E-state index is 0.178. The van der Waals surface area contributed by atoms with Gasteiger partial charge in [0.2, 0.25) is 5.91 Å². The smallest absolute Gasteiger partial charge is 0.294 e. The Morgan fingerprint density at radius 1 is 1.08 bits per heavy atom. The van der Waals surface area contributed by atoms with Crippen molar-refractivity contribution >= 4 is 68.1 Å². The molecular formula is C27H21BrClFN2O5S. The molecule has 7 nitrogen and oxygen atoms in total. The molecule has 0 atom stereocenters. The van der Waals surface area contributed by atoms with E-state index in [1.54, 1.807) is 54.6 Å². The Morgan fingerprint density at radius 3 is 2.55 bits per heavy atom. The Bertz CT molecular complexity index is 1420. The fraction of sp³-hybridized carbons (Fsp3) is 0.148. The summed E-state index contributed by atoms with van der Waals surface area (Å²) >= 11 is 10.1. The molecule has 0 unspecified atom stereocenters. The van der Waals surface area contributed by atoms with Crippen molar-refractivity contribution in [2.24, 2.45) is 0 Å². The number of hydrogen-bond acceptors (Lipinski definition) is 6. The second-order valence-electron chi connectivity index (χ2n) is 8.00. The molecule has 3 aromatic rings. The molecule has 0 bridgehead atoms. The normalized spacial score (nSPS) is 14.2. The molecule has 1 N–H and O–H groups in total. The average Bonchev–Trinajstić information content (AvgIpc) is 3.14. The van der Waals surface area contributed by atoms with Gasteiger partial charge in [-0.3, -0.25) is 19.3 Å². The van der Waals surface area contributed by atoms with Gasteiger partial charge in [-0.1, -0.05) is 29.8 Å². The van der Waals surface area contributed by atoms with Crippen LogP contribution in [-0.2, 0) is 16.2 Å². The van der Waals surface area contributed by atoms with Gasteiger partial charge < -0.3 is 14.8 Å². The molecule has 0 spiro atoms. The van der Waals surface area contributed by atoms with Crippen LogP contribution in [0.25, 0.3) is 6.08 Å². The molecule has 4 rings (SSSR count). The molecule has 0 radical (unpaired) electrons. The van der Waals surface area contributed by atoms with Crippen LogP contribution in [0.4, 0.5) is 14.9 Å². The summed E-state index contributed by atoms with van der Waals surface area (Å²) in [4.78, 5) is 38.9. The first kappa shape index (κ1) is 27.7. The zero-order chi connectivity index (χ0) is 27.2. The number of carbonyl (C=O) groups excluding carboxylic acids is 3. The highest BCUT2D eigenvalue weighted by atomic mass is 79.9. The summed E-state index contributed by atoms with van der Waals surface area (Å²) in [6, 6.07) is 16.0. The molecule has 0 saturated carbocycles. The second-order valence-corrected chi connectivity index (χ2v) is 10.3. The number of nitrogens with zero attached hydrogens (tertiary/aromatic N) is 1. The number of thioether (sulfide) groups is 1. The van der Waals surface area contributed by atoms with Crippen LogP contribution in [0.15, 0.2) is 70.0 Å². The Labute approximate surface area is 236 Å². The molecule has 0 aliphatic carbocycles. The lowest BCUT2D eigenvalue weighted by atomic mass is 10.1. The molecule has 3 aromatic carbocycles. The zero-order valence-electron chi connectivity index (χ0n) is 20.0. The summed E-state index contributed by atoms with van der Waals surface area (Å²) in [5.74, 6) is -0.499. The first-order valence-corrected chi connectivity index (χ1v) is 13.4. The van der Waals surface area contributed by atoms with E-state index in [-0.39, 0.29) is 17.3 Å². The summed E-state index contributed by atoms with van der Waals surface area (Å²) in [5, 5.41) is 2.49. The number of nitrogens with one attached hydrogen (secondary N) is 1. The number of carbonyl (C=O) groups is 3. The van der Waals surface area contributed by atoms with Gasteiger partial charge in [-0.05, 0) is 94.3 Å². The van der Waals surface area contributed by atoms with Crippen molar-refractivity contribution in [2.45, 2.75) is 13.5 Å². The first-order chi connectivity index (χ1) is 18.2. The van der Waals surface area contributed by atoms with E-state index in [0.29, 0.717) is 38.9 Å². The van der Waals surface area contributed by atoms with Gasteiger partial charge in [-0.25, -0.2) is 4.39 Å². The van der Waals surface area contributed by atoms with E-state index in [0.717, 1.165) is 22.2 Å². The number of amides is 3. The van der Waals surface area contributed by atoms with Gasteiger partial charge >= 0.3 is 0 Å². The third kappa shape index (κ3) is 6.94. The lowest BCUT2D eigenvalue weighted by Crippen LogP contribution is -2.36. The number of imide groups is 1. The fourth-order valence-corrected chi connectivity index (χ4v) is 4.71. The maximum Gasteiger partial charge on any atom is 0.294 e. The van der Waals surface area contributed by atoms with Crippen molar-refractivity contribution in [1.29, 1.82) is 0 Å². The average molecular weight is 620 g/mol. The van der Waals surface area contributed by atoms with E-state index in [9.17, 15) is 18.8 Å². The van der Waals surface area contributed by atoms with Crippen LogP contribution < -0.4 is 14.8 Å². The highest BCUT2D eigenvalue weighted by molar-refractivity contribution is 9.10. The van der Waals surface area contributed by atoms with Gasteiger partial charge in [-0.2, -0.15) is 0 Å². The number of benzene rings is 3. The van der Waals surface area contributed by atoms with Gasteiger partial charge in [0.15, 0.2) is 11.5 Å². The van der Waals surface area contributed by atoms with Crippen LogP contribution in [-0.4, -0.2) is 35.1 Å². The Hall–Kier alpha value is -3.34. The third-order valence-electron chi connectivity index (χ3n) is 5.25. The molecule has 1 aliphatic heterocycles. The Balaban J connectivity index is 1.44. The summed E-state index contributed by atoms with van der Waals surface area (Å²) in [6.07, 6.45) is 1.56. The summed E-state index contributed by atoms with van der Waals surface area (Å²) in [6.45, 7) is 1.99. The second kappa shape index (κ2) is 12.5. The molecule has 11 heteroatoms. The van der Waals surface area contributed by atoms with Crippen LogP contribution in [0, 0.1) is 5.82 Å². The maximum absolute atomic E-state index is 13.1. The van der Waals surface area contributed by atoms with Crippen molar-refractivity contribution in [3.8, 4) is 11.5 Å². The van der Waals surface area contributed by atoms with Gasteiger partial charge in [-0.15, -0.1) is 0 Å². The van der Waals surface area contributed by atoms with Crippen molar-refractivity contribution in [1.82, 2.24) is 4.90 Å². The number of ether oxygens (including phenoxy) is 2. The zero-order valence-corrected chi connectivity index (χ0v) is 23.2. The van der Waals surface area contributed by atoms with E-state index < -0.39 is 23.6 Å². The molecular weight excluding hydrogens is 599 g/mol. The predicted molar refractivity (Wildman–Crippen MR) is 149 cm³/mol. The topological polar surface area (TPSA) is 84.9 Å². The fourth-order valence-electron chi connectivity index (χ4n) is 3.45. The molecule has 196 valence electrons. The highest BCUT2D eigenvalue weighted by Crippen LogP contribution is 2.35. The van der Waals surface area contributed by atoms with E-state index >= 15 is 0 Å². The Kier molecular flexibility index (Phi) is 9.09. The SMILES string of the molecule is CCOc1cc(/C=C2\SC(=O)N(CC(=O)Nc3ccc(Br)c(Cl)c3)C2=O)ccc1OCc1ccc(F)cc1. The van der Waals surface area contributed by atoms with Crippen LogP contribution >= 0.6 is 39.3 Å². The monoisotopic (exact) mass is 618 g/mol. The predicted octanol–water partition coefficient (Wildman–Crippen LogP) is 6.89. The van der Waals surface area contributed by atoms with Gasteiger partial charge in [0, 0.05) is 10.2 Å². The third-order valence-corrected chi connectivity index (χ3v) is 7.39. The van der Waals surface area contributed by atoms with Crippen molar-refractivity contribution < 1.29 is 28.2 Å². The van der Waals surface area contributed by atoms with Gasteiger partial charge in [0.1, 0.15) is 19.0 Å². The summed E-state index contributed by atoms with van der Waals surface area (Å²) < 4.78 is 25.4. The molecule has 1 fully saturated rings. The minimum atomic E-state index is -0.571. The molecule has 0 aromatic heterocycles. The standard InChI is InChI=1S/C27H21BrClFN2O5S/c1-2-36-23-11-17(5-10-22(23)37-15-16-3-6-18(30)7-4-16)12-24-26(34)32(27(35)38-24)14-25(33)31-19-8-9-20(28)21(29)13-19/h3-13H,2,14-15H2,1H3,(H,31,33)/b24-12-. The first-order valence-electron chi connectivity index (χ1n) is 11.4. The molecule has 1 heterocycles. The van der Waals surface area contributed by atoms with E-state index in [1.807, 2.05) is 6.92 Å².